The van der Waals surface area contributed by atoms with Crippen LogP contribution in [0.3, 0.4) is 0 Å². The van der Waals surface area contributed by atoms with Gasteiger partial charge in [0.05, 0.1) is 0 Å². The van der Waals surface area contributed by atoms with Gasteiger partial charge in [0, 0.05) is 5.54 Å². The molecule has 0 aromatic carbocycles. The van der Waals surface area contributed by atoms with Crippen LogP contribution < -0.4 is 5.32 Å². The zero-order valence-corrected chi connectivity index (χ0v) is 10.9. The Morgan fingerprint density at radius 1 is 1.20 bits per heavy atom. The predicted molar refractivity (Wildman–Crippen MR) is 68.1 cm³/mol. The molecule has 0 amide bonds. The standard InChI is InChI=1S/C14H27N/c1-5-12-15-13(2,3)14(4)10-8-6-7-9-11-14/h6-7,15H,5,8-12H2,1-4H3. The highest BCUT2D eigenvalue weighted by molar-refractivity contribution is 5.01. The van der Waals surface area contributed by atoms with Crippen LogP contribution in [0.4, 0.5) is 0 Å². The summed E-state index contributed by atoms with van der Waals surface area (Å²) in [4.78, 5) is 0. The summed E-state index contributed by atoms with van der Waals surface area (Å²) >= 11 is 0. The maximum absolute atomic E-state index is 3.72. The third-order valence-electron chi connectivity index (χ3n) is 4.22. The van der Waals surface area contributed by atoms with Crippen LogP contribution in [0.2, 0.25) is 0 Å². The van der Waals surface area contributed by atoms with Crippen molar-refractivity contribution in [1.82, 2.24) is 5.32 Å². The molecule has 0 radical (unpaired) electrons. The van der Waals surface area contributed by atoms with Crippen molar-refractivity contribution >= 4 is 0 Å². The van der Waals surface area contributed by atoms with Crippen LogP contribution in [0.25, 0.3) is 0 Å². The summed E-state index contributed by atoms with van der Waals surface area (Å²) < 4.78 is 0. The van der Waals surface area contributed by atoms with E-state index in [0.29, 0.717) is 5.41 Å². The fraction of sp³-hybridized carbons (Fsp3) is 0.857. The van der Waals surface area contributed by atoms with Gasteiger partial charge in [-0.2, -0.15) is 0 Å². The molecule has 0 aromatic rings. The molecule has 0 aromatic heterocycles. The SMILES string of the molecule is CCCNC(C)(C)C1(C)CCC=CCC1. The van der Waals surface area contributed by atoms with E-state index in [4.69, 9.17) is 0 Å². The molecule has 0 heterocycles. The predicted octanol–water partition coefficient (Wildman–Crippen LogP) is 3.90. The van der Waals surface area contributed by atoms with Gasteiger partial charge in [-0.25, -0.2) is 0 Å². The third-order valence-corrected chi connectivity index (χ3v) is 4.22. The zero-order chi connectivity index (χ0) is 11.4. The van der Waals surface area contributed by atoms with Crippen molar-refractivity contribution in [2.45, 2.75) is 65.3 Å². The first-order valence-electron chi connectivity index (χ1n) is 6.42. The Labute approximate surface area is 95.3 Å². The molecule has 0 bridgehead atoms. The van der Waals surface area contributed by atoms with Gasteiger partial charge >= 0.3 is 0 Å². The molecular weight excluding hydrogens is 182 g/mol. The fourth-order valence-corrected chi connectivity index (χ4v) is 2.44. The lowest BCUT2D eigenvalue weighted by Crippen LogP contribution is -2.52. The van der Waals surface area contributed by atoms with E-state index in [-0.39, 0.29) is 5.54 Å². The largest absolute Gasteiger partial charge is 0.311 e. The van der Waals surface area contributed by atoms with Gasteiger partial charge in [0.1, 0.15) is 0 Å². The summed E-state index contributed by atoms with van der Waals surface area (Å²) in [5.41, 5.74) is 0.695. The minimum absolute atomic E-state index is 0.259. The van der Waals surface area contributed by atoms with Gasteiger partial charge in [0.15, 0.2) is 0 Å². The van der Waals surface area contributed by atoms with Crippen molar-refractivity contribution in [2.75, 3.05) is 6.54 Å². The molecule has 0 fully saturated rings. The Morgan fingerprint density at radius 3 is 2.20 bits per heavy atom. The summed E-state index contributed by atoms with van der Waals surface area (Å²) in [5, 5.41) is 3.72. The number of nitrogens with one attached hydrogen (secondary N) is 1. The van der Waals surface area contributed by atoms with E-state index in [2.05, 4.69) is 45.2 Å². The number of allylic oxidation sites excluding steroid dienone is 2. The second-order valence-electron chi connectivity index (χ2n) is 5.66. The molecule has 0 atom stereocenters. The molecule has 0 unspecified atom stereocenters. The lowest BCUT2D eigenvalue weighted by Gasteiger charge is -2.45. The lowest BCUT2D eigenvalue weighted by atomic mass is 9.68. The third kappa shape index (κ3) is 3.07. The van der Waals surface area contributed by atoms with E-state index in [1.165, 1.54) is 32.1 Å². The summed E-state index contributed by atoms with van der Waals surface area (Å²) in [6.45, 7) is 10.6. The first-order valence-corrected chi connectivity index (χ1v) is 6.42. The minimum atomic E-state index is 0.259. The average Bonchev–Trinajstić information content (AvgIpc) is 2.41. The molecule has 1 nitrogen and oxygen atoms in total. The molecule has 0 saturated heterocycles. The van der Waals surface area contributed by atoms with E-state index >= 15 is 0 Å². The molecule has 1 aliphatic rings. The zero-order valence-electron chi connectivity index (χ0n) is 10.9. The Hall–Kier alpha value is -0.300. The maximum Gasteiger partial charge on any atom is 0.0178 e. The molecule has 1 N–H and O–H groups in total. The van der Waals surface area contributed by atoms with Crippen molar-refractivity contribution in [3.05, 3.63) is 12.2 Å². The molecule has 1 rings (SSSR count). The van der Waals surface area contributed by atoms with Gasteiger partial charge < -0.3 is 5.32 Å². The van der Waals surface area contributed by atoms with Crippen molar-refractivity contribution in [1.29, 1.82) is 0 Å². The van der Waals surface area contributed by atoms with Crippen molar-refractivity contribution in [3.8, 4) is 0 Å². The average molecular weight is 209 g/mol. The molecule has 1 heteroatoms. The van der Waals surface area contributed by atoms with Crippen LogP contribution in [0, 0.1) is 5.41 Å². The minimum Gasteiger partial charge on any atom is -0.311 e. The van der Waals surface area contributed by atoms with Crippen molar-refractivity contribution in [3.63, 3.8) is 0 Å². The van der Waals surface area contributed by atoms with Gasteiger partial charge in [0.2, 0.25) is 0 Å². The van der Waals surface area contributed by atoms with E-state index in [1.807, 2.05) is 0 Å². The maximum atomic E-state index is 3.72. The van der Waals surface area contributed by atoms with Crippen LogP contribution in [0.15, 0.2) is 12.2 Å². The van der Waals surface area contributed by atoms with Crippen LogP contribution in [-0.2, 0) is 0 Å². The Balaban J connectivity index is 2.64. The molecular formula is C14H27N. The first-order chi connectivity index (χ1) is 7.02. The van der Waals surface area contributed by atoms with Gasteiger partial charge in [-0.15, -0.1) is 0 Å². The fourth-order valence-electron chi connectivity index (χ4n) is 2.44. The number of hydrogen-bond acceptors (Lipinski definition) is 1. The smallest absolute Gasteiger partial charge is 0.0178 e. The van der Waals surface area contributed by atoms with E-state index in [1.54, 1.807) is 0 Å². The van der Waals surface area contributed by atoms with Gasteiger partial charge in [0.25, 0.3) is 0 Å². The number of rotatable bonds is 4. The summed E-state index contributed by atoms with van der Waals surface area (Å²) in [6, 6.07) is 0. The summed E-state index contributed by atoms with van der Waals surface area (Å²) in [5.74, 6) is 0. The lowest BCUT2D eigenvalue weighted by molar-refractivity contribution is 0.113. The van der Waals surface area contributed by atoms with E-state index in [0.717, 1.165) is 6.54 Å². The molecule has 0 saturated carbocycles. The van der Waals surface area contributed by atoms with E-state index in [9.17, 15) is 0 Å². The van der Waals surface area contributed by atoms with Crippen LogP contribution in [-0.4, -0.2) is 12.1 Å². The summed E-state index contributed by atoms with van der Waals surface area (Å²) in [6.07, 6.45) is 11.0. The van der Waals surface area contributed by atoms with Crippen molar-refractivity contribution < 1.29 is 0 Å². The molecule has 88 valence electrons. The Morgan fingerprint density at radius 2 is 1.73 bits per heavy atom. The van der Waals surface area contributed by atoms with Crippen LogP contribution >= 0.6 is 0 Å². The van der Waals surface area contributed by atoms with Crippen LogP contribution in [0.1, 0.15) is 59.8 Å². The highest BCUT2D eigenvalue weighted by Crippen LogP contribution is 2.41. The highest BCUT2D eigenvalue weighted by Gasteiger charge is 2.39. The summed E-state index contributed by atoms with van der Waals surface area (Å²) in [7, 11) is 0. The van der Waals surface area contributed by atoms with Crippen molar-refractivity contribution in [2.24, 2.45) is 5.41 Å². The second-order valence-corrected chi connectivity index (χ2v) is 5.66. The van der Waals surface area contributed by atoms with Gasteiger partial charge in [-0.1, -0.05) is 26.0 Å². The van der Waals surface area contributed by atoms with E-state index < -0.39 is 0 Å². The molecule has 1 aliphatic carbocycles. The van der Waals surface area contributed by atoms with Gasteiger partial charge in [-0.3, -0.25) is 0 Å². The highest BCUT2D eigenvalue weighted by atomic mass is 15.0. The topological polar surface area (TPSA) is 12.0 Å². The number of hydrogen-bond donors (Lipinski definition) is 1. The quantitative estimate of drug-likeness (QED) is 0.692. The Kier molecular flexibility index (Phi) is 4.39. The van der Waals surface area contributed by atoms with Crippen LogP contribution in [0.5, 0.6) is 0 Å². The second kappa shape index (κ2) is 5.16. The molecule has 0 aliphatic heterocycles. The molecule has 0 spiro atoms. The molecule has 15 heavy (non-hydrogen) atoms. The Bertz CT molecular complexity index is 205. The normalized spacial score (nSPS) is 21.3. The van der Waals surface area contributed by atoms with Gasteiger partial charge in [-0.05, 0) is 57.9 Å². The monoisotopic (exact) mass is 209 g/mol. The first kappa shape index (κ1) is 12.8.